The second-order valence-corrected chi connectivity index (χ2v) is 5.27. The number of para-hydroxylation sites is 1. The van der Waals surface area contributed by atoms with Crippen molar-refractivity contribution in [3.05, 3.63) is 60.2 Å². The summed E-state index contributed by atoms with van der Waals surface area (Å²) >= 11 is 0. The molecule has 4 nitrogen and oxygen atoms in total. The highest BCUT2D eigenvalue weighted by Crippen LogP contribution is 2.19. The lowest BCUT2D eigenvalue weighted by atomic mass is 10.2. The summed E-state index contributed by atoms with van der Waals surface area (Å²) in [6.07, 6.45) is 0. The van der Waals surface area contributed by atoms with E-state index in [1.807, 2.05) is 75.4 Å². The van der Waals surface area contributed by atoms with E-state index in [0.717, 1.165) is 16.9 Å². The maximum Gasteiger partial charge on any atom is 0.316 e. The lowest BCUT2D eigenvalue weighted by Crippen LogP contribution is -2.45. The van der Waals surface area contributed by atoms with Crippen LogP contribution in [0.1, 0.15) is 19.4 Å². The van der Waals surface area contributed by atoms with Crippen LogP contribution in [0, 0.1) is 6.92 Å². The molecule has 2 rings (SSSR count). The molecule has 120 valence electrons. The molecule has 0 aliphatic heterocycles. The van der Waals surface area contributed by atoms with Crippen molar-refractivity contribution in [3.8, 4) is 0 Å². The molecule has 0 N–H and O–H groups in total. The highest BCUT2D eigenvalue weighted by Gasteiger charge is 2.27. The van der Waals surface area contributed by atoms with E-state index < -0.39 is 11.8 Å². The first-order valence-corrected chi connectivity index (χ1v) is 7.83. The minimum absolute atomic E-state index is 0.444. The number of rotatable bonds is 4. The summed E-state index contributed by atoms with van der Waals surface area (Å²) in [5.41, 5.74) is 2.53. The van der Waals surface area contributed by atoms with Gasteiger partial charge in [-0.3, -0.25) is 9.59 Å². The van der Waals surface area contributed by atoms with Gasteiger partial charge in [-0.25, -0.2) is 0 Å². The van der Waals surface area contributed by atoms with Crippen molar-refractivity contribution in [1.29, 1.82) is 0 Å². The van der Waals surface area contributed by atoms with Gasteiger partial charge in [0.15, 0.2) is 0 Å². The number of likely N-dealkylation sites (N-methyl/N-ethyl adjacent to an activating group) is 2. The quantitative estimate of drug-likeness (QED) is 0.812. The lowest BCUT2D eigenvalue weighted by Gasteiger charge is -2.26. The number of nitrogens with zero attached hydrogens (tertiary/aromatic N) is 2. The van der Waals surface area contributed by atoms with Crippen molar-refractivity contribution in [2.24, 2.45) is 0 Å². The van der Waals surface area contributed by atoms with Gasteiger partial charge in [-0.05, 0) is 50.6 Å². The molecule has 0 fully saturated rings. The van der Waals surface area contributed by atoms with E-state index in [4.69, 9.17) is 0 Å². The molecule has 0 aliphatic rings. The van der Waals surface area contributed by atoms with Crippen LogP contribution in [0.2, 0.25) is 0 Å². The Morgan fingerprint density at radius 3 is 1.83 bits per heavy atom. The zero-order valence-electron chi connectivity index (χ0n) is 13.8. The van der Waals surface area contributed by atoms with Crippen molar-refractivity contribution in [2.75, 3.05) is 22.9 Å². The largest absolute Gasteiger partial charge is 0.316 e. The first-order valence-electron chi connectivity index (χ1n) is 7.83. The summed E-state index contributed by atoms with van der Waals surface area (Å²) in [5.74, 6) is -1.02. The van der Waals surface area contributed by atoms with Crippen molar-refractivity contribution >= 4 is 23.2 Å². The third kappa shape index (κ3) is 3.77. The summed E-state index contributed by atoms with van der Waals surface area (Å²) in [4.78, 5) is 28.4. The number of amides is 2. The normalized spacial score (nSPS) is 10.2. The van der Waals surface area contributed by atoms with Crippen LogP contribution in [0.4, 0.5) is 11.4 Å². The van der Waals surface area contributed by atoms with Gasteiger partial charge in [-0.15, -0.1) is 0 Å². The maximum atomic E-state index is 12.7. The van der Waals surface area contributed by atoms with E-state index in [0.29, 0.717) is 13.1 Å². The van der Waals surface area contributed by atoms with Gasteiger partial charge in [0, 0.05) is 24.5 Å². The molecule has 2 amide bonds. The number of hydrogen-bond acceptors (Lipinski definition) is 2. The van der Waals surface area contributed by atoms with Gasteiger partial charge >= 0.3 is 11.8 Å². The number of aryl methyl sites for hydroxylation is 1. The Labute approximate surface area is 137 Å². The summed E-state index contributed by atoms with van der Waals surface area (Å²) in [5, 5.41) is 0. The number of anilines is 2. The fraction of sp³-hybridized carbons (Fsp3) is 0.263. The molecule has 0 heterocycles. The molecule has 0 radical (unpaired) electrons. The molecule has 0 bridgehead atoms. The summed E-state index contributed by atoms with van der Waals surface area (Å²) < 4.78 is 0. The maximum absolute atomic E-state index is 12.7. The molecule has 0 saturated heterocycles. The monoisotopic (exact) mass is 310 g/mol. The molecule has 23 heavy (non-hydrogen) atoms. The van der Waals surface area contributed by atoms with Gasteiger partial charge in [-0.1, -0.05) is 30.3 Å². The van der Waals surface area contributed by atoms with Gasteiger partial charge < -0.3 is 9.80 Å². The highest BCUT2D eigenvalue weighted by atomic mass is 16.2. The Morgan fingerprint density at radius 1 is 0.783 bits per heavy atom. The number of benzene rings is 2. The minimum atomic E-state index is -0.512. The second-order valence-electron chi connectivity index (χ2n) is 5.27. The Kier molecular flexibility index (Phi) is 5.52. The van der Waals surface area contributed by atoms with Crippen molar-refractivity contribution in [3.63, 3.8) is 0 Å². The van der Waals surface area contributed by atoms with E-state index in [2.05, 4.69) is 0 Å². The smallest absolute Gasteiger partial charge is 0.304 e. The van der Waals surface area contributed by atoms with Crippen molar-refractivity contribution in [2.45, 2.75) is 20.8 Å². The molecule has 2 aromatic rings. The van der Waals surface area contributed by atoms with E-state index in [1.165, 1.54) is 9.80 Å². The molecule has 0 spiro atoms. The van der Waals surface area contributed by atoms with Gasteiger partial charge in [0.1, 0.15) is 0 Å². The zero-order chi connectivity index (χ0) is 16.8. The predicted octanol–water partition coefficient (Wildman–Crippen LogP) is 3.40. The number of hydrogen-bond donors (Lipinski definition) is 0. The fourth-order valence-corrected chi connectivity index (χ4v) is 2.52. The van der Waals surface area contributed by atoms with E-state index in [-0.39, 0.29) is 0 Å². The number of carbonyl (C=O) groups excluding carboxylic acids is 2. The van der Waals surface area contributed by atoms with Crippen LogP contribution in [0.3, 0.4) is 0 Å². The van der Waals surface area contributed by atoms with E-state index >= 15 is 0 Å². The first kappa shape index (κ1) is 16.7. The Hall–Kier alpha value is -2.62. The third-order valence-electron chi connectivity index (χ3n) is 3.69. The van der Waals surface area contributed by atoms with Crippen LogP contribution in [-0.4, -0.2) is 24.9 Å². The highest BCUT2D eigenvalue weighted by molar-refractivity contribution is 6.44. The topological polar surface area (TPSA) is 40.6 Å². The SMILES string of the molecule is CCN(C(=O)C(=O)N(CC)c1cccc(C)c1)c1ccccc1. The summed E-state index contributed by atoms with van der Waals surface area (Å²) in [6, 6.07) is 16.9. The van der Waals surface area contributed by atoms with Crippen molar-refractivity contribution in [1.82, 2.24) is 0 Å². The molecule has 0 atom stereocenters. The third-order valence-corrected chi connectivity index (χ3v) is 3.69. The summed E-state index contributed by atoms with van der Waals surface area (Å²) in [7, 11) is 0. The zero-order valence-corrected chi connectivity index (χ0v) is 13.8. The average molecular weight is 310 g/mol. The predicted molar refractivity (Wildman–Crippen MR) is 93.7 cm³/mol. The van der Waals surface area contributed by atoms with Gasteiger partial charge in [0.25, 0.3) is 0 Å². The van der Waals surface area contributed by atoms with Crippen molar-refractivity contribution < 1.29 is 9.59 Å². The Balaban J connectivity index is 2.27. The standard InChI is InChI=1S/C19H22N2O2/c1-4-20(16-11-7-6-8-12-16)18(22)19(23)21(5-2)17-13-9-10-15(3)14-17/h6-14H,4-5H2,1-3H3. The van der Waals surface area contributed by atoms with Gasteiger partial charge in [-0.2, -0.15) is 0 Å². The van der Waals surface area contributed by atoms with Crippen LogP contribution in [-0.2, 0) is 9.59 Å². The van der Waals surface area contributed by atoms with Crippen LogP contribution in [0.25, 0.3) is 0 Å². The van der Waals surface area contributed by atoms with Gasteiger partial charge in [0.05, 0.1) is 0 Å². The number of carbonyl (C=O) groups is 2. The molecule has 0 aromatic heterocycles. The van der Waals surface area contributed by atoms with E-state index in [1.54, 1.807) is 0 Å². The Bertz CT molecular complexity index is 683. The molecule has 2 aromatic carbocycles. The molecular weight excluding hydrogens is 288 g/mol. The van der Waals surface area contributed by atoms with E-state index in [9.17, 15) is 9.59 Å². The fourth-order valence-electron chi connectivity index (χ4n) is 2.52. The van der Waals surface area contributed by atoms with Gasteiger partial charge in [0.2, 0.25) is 0 Å². The molecule has 4 heteroatoms. The van der Waals surface area contributed by atoms with Crippen LogP contribution < -0.4 is 9.80 Å². The molecular formula is C19H22N2O2. The van der Waals surface area contributed by atoms with Crippen LogP contribution in [0.15, 0.2) is 54.6 Å². The molecule has 0 unspecified atom stereocenters. The lowest BCUT2D eigenvalue weighted by molar-refractivity contribution is -0.135. The second kappa shape index (κ2) is 7.58. The summed E-state index contributed by atoms with van der Waals surface area (Å²) in [6.45, 7) is 6.58. The molecule has 0 aliphatic carbocycles. The molecule has 0 saturated carbocycles. The Morgan fingerprint density at radius 2 is 1.30 bits per heavy atom. The average Bonchev–Trinajstić information content (AvgIpc) is 2.57. The minimum Gasteiger partial charge on any atom is -0.304 e. The van der Waals surface area contributed by atoms with Crippen LogP contribution >= 0.6 is 0 Å². The van der Waals surface area contributed by atoms with Crippen LogP contribution in [0.5, 0.6) is 0 Å². The first-order chi connectivity index (χ1) is 11.1.